The molecule has 1 heterocycles. The molecule has 1 fully saturated rings. The lowest BCUT2D eigenvalue weighted by Gasteiger charge is -2.33. The highest BCUT2D eigenvalue weighted by molar-refractivity contribution is 5.28. The maximum absolute atomic E-state index is 9.61. The van der Waals surface area contributed by atoms with Crippen LogP contribution in [-0.2, 0) is 11.2 Å². The van der Waals surface area contributed by atoms with Crippen LogP contribution in [0.1, 0.15) is 32.8 Å². The molecule has 2 atom stereocenters. The van der Waals surface area contributed by atoms with E-state index in [1.54, 1.807) is 6.07 Å². The molecule has 2 rings (SSSR count). The Morgan fingerprint density at radius 2 is 2.26 bits per heavy atom. The van der Waals surface area contributed by atoms with Crippen molar-refractivity contribution in [3.8, 4) is 5.75 Å². The lowest BCUT2D eigenvalue weighted by atomic mass is 9.76. The molecular weight excluding hydrogens is 238 g/mol. The summed E-state index contributed by atoms with van der Waals surface area (Å²) in [5.74, 6) is 0.344. The summed E-state index contributed by atoms with van der Waals surface area (Å²) in [6, 6.07) is 8.06. The van der Waals surface area contributed by atoms with E-state index in [0.29, 0.717) is 11.8 Å². The van der Waals surface area contributed by atoms with E-state index >= 15 is 0 Å². The third-order valence-corrected chi connectivity index (χ3v) is 4.16. The molecule has 1 aromatic carbocycles. The van der Waals surface area contributed by atoms with Crippen LogP contribution in [-0.4, -0.2) is 30.4 Å². The van der Waals surface area contributed by atoms with Gasteiger partial charge in [0.2, 0.25) is 0 Å². The molecule has 3 nitrogen and oxygen atoms in total. The molecule has 0 amide bonds. The third-order valence-electron chi connectivity index (χ3n) is 4.16. The molecule has 1 aromatic rings. The molecule has 3 heteroatoms. The average Bonchev–Trinajstić information content (AvgIpc) is 2.69. The fourth-order valence-electron chi connectivity index (χ4n) is 2.83. The van der Waals surface area contributed by atoms with Crippen LogP contribution in [0, 0.1) is 5.41 Å². The highest BCUT2D eigenvalue weighted by atomic mass is 16.5. The van der Waals surface area contributed by atoms with Gasteiger partial charge in [-0.1, -0.05) is 26.0 Å². The van der Waals surface area contributed by atoms with Crippen LogP contribution in [0.15, 0.2) is 24.3 Å². The zero-order valence-electron chi connectivity index (χ0n) is 12.1. The van der Waals surface area contributed by atoms with Crippen LogP contribution >= 0.6 is 0 Å². The minimum atomic E-state index is 0.137. The molecule has 1 saturated heterocycles. The van der Waals surface area contributed by atoms with Crippen LogP contribution in [0.4, 0.5) is 0 Å². The van der Waals surface area contributed by atoms with Gasteiger partial charge in [-0.15, -0.1) is 0 Å². The Labute approximate surface area is 116 Å². The lowest BCUT2D eigenvalue weighted by molar-refractivity contribution is 0.0620. The molecule has 1 aliphatic heterocycles. The number of hydrogen-bond acceptors (Lipinski definition) is 3. The smallest absolute Gasteiger partial charge is 0.115 e. The number of rotatable bonds is 5. The topological polar surface area (TPSA) is 41.5 Å². The molecule has 2 N–H and O–H groups in total. The summed E-state index contributed by atoms with van der Waals surface area (Å²) in [6.45, 7) is 8.30. The second-order valence-electron chi connectivity index (χ2n) is 6.01. The van der Waals surface area contributed by atoms with E-state index in [1.807, 2.05) is 12.1 Å². The van der Waals surface area contributed by atoms with Gasteiger partial charge < -0.3 is 15.2 Å². The van der Waals surface area contributed by atoms with Crippen molar-refractivity contribution in [2.75, 3.05) is 13.2 Å². The first kappa shape index (κ1) is 14.4. The summed E-state index contributed by atoms with van der Waals surface area (Å²) in [5, 5.41) is 13.2. The SMILES string of the molecule is CC(C)NCC1(Cc2cccc(O)c2)CCOC1C. The van der Waals surface area contributed by atoms with Gasteiger partial charge in [0, 0.05) is 24.6 Å². The maximum Gasteiger partial charge on any atom is 0.115 e. The Balaban J connectivity index is 2.14. The van der Waals surface area contributed by atoms with Crippen LogP contribution in [0.5, 0.6) is 5.75 Å². The number of phenols is 1. The number of ether oxygens (including phenoxy) is 1. The minimum absolute atomic E-state index is 0.137. The average molecular weight is 263 g/mol. The molecule has 0 radical (unpaired) electrons. The van der Waals surface area contributed by atoms with Gasteiger partial charge in [-0.3, -0.25) is 0 Å². The molecular formula is C16H25NO2. The van der Waals surface area contributed by atoms with Crippen molar-refractivity contribution >= 4 is 0 Å². The zero-order valence-corrected chi connectivity index (χ0v) is 12.1. The van der Waals surface area contributed by atoms with Crippen LogP contribution in [0.25, 0.3) is 0 Å². The first-order valence-corrected chi connectivity index (χ1v) is 7.15. The summed E-state index contributed by atoms with van der Waals surface area (Å²) < 4.78 is 5.80. The van der Waals surface area contributed by atoms with Gasteiger partial charge in [0.25, 0.3) is 0 Å². The maximum atomic E-state index is 9.61. The standard InChI is InChI=1S/C16H25NO2/c1-12(2)17-11-16(7-8-19-13(16)3)10-14-5-4-6-15(18)9-14/h4-6,9,12-13,17-18H,7-8,10-11H2,1-3H3. The molecule has 0 aliphatic carbocycles. The van der Waals surface area contributed by atoms with E-state index in [0.717, 1.165) is 26.0 Å². The van der Waals surface area contributed by atoms with E-state index in [-0.39, 0.29) is 11.5 Å². The minimum Gasteiger partial charge on any atom is -0.508 e. The van der Waals surface area contributed by atoms with Crippen LogP contribution in [0.2, 0.25) is 0 Å². The lowest BCUT2D eigenvalue weighted by Crippen LogP contribution is -2.43. The highest BCUT2D eigenvalue weighted by Gasteiger charge is 2.41. The van der Waals surface area contributed by atoms with Gasteiger partial charge in [-0.25, -0.2) is 0 Å². The summed E-state index contributed by atoms with van der Waals surface area (Å²) in [5.41, 5.74) is 1.32. The molecule has 0 spiro atoms. The molecule has 0 aromatic heterocycles. The summed E-state index contributed by atoms with van der Waals surface area (Å²) in [4.78, 5) is 0. The Morgan fingerprint density at radius 3 is 2.84 bits per heavy atom. The quantitative estimate of drug-likeness (QED) is 0.858. The highest BCUT2D eigenvalue weighted by Crippen LogP contribution is 2.38. The normalized spacial score (nSPS) is 27.1. The van der Waals surface area contributed by atoms with Crippen molar-refractivity contribution < 1.29 is 9.84 Å². The van der Waals surface area contributed by atoms with Crippen LogP contribution in [0.3, 0.4) is 0 Å². The number of nitrogens with one attached hydrogen (secondary N) is 1. The second-order valence-corrected chi connectivity index (χ2v) is 6.01. The van der Waals surface area contributed by atoms with Gasteiger partial charge in [-0.2, -0.15) is 0 Å². The third kappa shape index (κ3) is 3.48. The Morgan fingerprint density at radius 1 is 1.47 bits per heavy atom. The largest absolute Gasteiger partial charge is 0.508 e. The van der Waals surface area contributed by atoms with E-state index < -0.39 is 0 Å². The summed E-state index contributed by atoms with van der Waals surface area (Å²) in [6.07, 6.45) is 2.27. The van der Waals surface area contributed by atoms with Gasteiger partial charge in [0.15, 0.2) is 0 Å². The zero-order chi connectivity index (χ0) is 13.9. The van der Waals surface area contributed by atoms with Crippen molar-refractivity contribution in [2.24, 2.45) is 5.41 Å². The van der Waals surface area contributed by atoms with Crippen LogP contribution < -0.4 is 5.32 Å². The Bertz CT molecular complexity index is 419. The van der Waals surface area contributed by atoms with E-state index in [2.05, 4.69) is 32.2 Å². The van der Waals surface area contributed by atoms with Gasteiger partial charge >= 0.3 is 0 Å². The monoisotopic (exact) mass is 263 g/mol. The van der Waals surface area contributed by atoms with Gasteiger partial charge in [0.1, 0.15) is 5.75 Å². The molecule has 106 valence electrons. The molecule has 2 unspecified atom stereocenters. The fourth-order valence-corrected chi connectivity index (χ4v) is 2.83. The van der Waals surface area contributed by atoms with Gasteiger partial charge in [0.05, 0.1) is 6.10 Å². The predicted octanol–water partition coefficient (Wildman–Crippen LogP) is 2.73. The van der Waals surface area contributed by atoms with Crippen molar-refractivity contribution in [1.29, 1.82) is 0 Å². The molecule has 0 saturated carbocycles. The fraction of sp³-hybridized carbons (Fsp3) is 0.625. The van der Waals surface area contributed by atoms with E-state index in [4.69, 9.17) is 4.74 Å². The van der Waals surface area contributed by atoms with Crippen molar-refractivity contribution in [1.82, 2.24) is 5.32 Å². The molecule has 19 heavy (non-hydrogen) atoms. The first-order valence-electron chi connectivity index (χ1n) is 7.15. The number of benzene rings is 1. The summed E-state index contributed by atoms with van der Waals surface area (Å²) in [7, 11) is 0. The second kappa shape index (κ2) is 5.93. The Hall–Kier alpha value is -1.06. The van der Waals surface area contributed by atoms with Crippen molar-refractivity contribution in [3.63, 3.8) is 0 Å². The number of aromatic hydroxyl groups is 1. The summed E-state index contributed by atoms with van der Waals surface area (Å²) >= 11 is 0. The van der Waals surface area contributed by atoms with Gasteiger partial charge in [-0.05, 0) is 37.5 Å². The van der Waals surface area contributed by atoms with E-state index in [1.165, 1.54) is 5.56 Å². The first-order chi connectivity index (χ1) is 9.02. The van der Waals surface area contributed by atoms with E-state index in [9.17, 15) is 5.11 Å². The van der Waals surface area contributed by atoms with Crippen molar-refractivity contribution in [2.45, 2.75) is 45.8 Å². The Kier molecular flexibility index (Phi) is 4.48. The molecule has 1 aliphatic rings. The number of hydrogen-bond donors (Lipinski definition) is 2. The van der Waals surface area contributed by atoms with Crippen molar-refractivity contribution in [3.05, 3.63) is 29.8 Å². The number of phenolic OH excluding ortho intramolecular Hbond substituents is 1. The molecule has 0 bridgehead atoms. The predicted molar refractivity (Wildman–Crippen MR) is 77.4 cm³/mol.